The first-order valence-electron chi connectivity index (χ1n) is 10.4. The molecule has 10 nitrogen and oxygen atoms in total. The van der Waals surface area contributed by atoms with Crippen LogP contribution in [0, 0.1) is 21.4 Å². The smallest absolute Gasteiger partial charge is 0.311 e. The summed E-state index contributed by atoms with van der Waals surface area (Å²) in [4.78, 5) is 28.8. The number of hydrogen-bond acceptors (Lipinski definition) is 8. The van der Waals surface area contributed by atoms with Gasteiger partial charge in [0.2, 0.25) is 11.6 Å². The molecule has 0 aliphatic rings. The molecule has 35 heavy (non-hydrogen) atoms. The predicted octanol–water partition coefficient (Wildman–Crippen LogP) is 4.50. The van der Waals surface area contributed by atoms with Gasteiger partial charge in [-0.15, -0.1) is 0 Å². The van der Waals surface area contributed by atoms with Crippen molar-refractivity contribution >= 4 is 33.8 Å². The summed E-state index contributed by atoms with van der Waals surface area (Å²) in [5.74, 6) is 0.354. The van der Waals surface area contributed by atoms with Gasteiger partial charge in [0.05, 0.1) is 22.0 Å². The van der Waals surface area contributed by atoms with Crippen molar-refractivity contribution in [2.75, 3.05) is 6.61 Å². The molecule has 0 aliphatic carbocycles. The SMILES string of the molecule is N#CCOc1c(C=Nn2c(-c3cc4ccccc4o3)nc3ccccc3c2=O)cccc1[N+](=O)[O-]. The van der Waals surface area contributed by atoms with Gasteiger partial charge in [0.1, 0.15) is 11.7 Å². The van der Waals surface area contributed by atoms with Crippen LogP contribution in [0.2, 0.25) is 0 Å². The van der Waals surface area contributed by atoms with Gasteiger partial charge in [-0.05, 0) is 30.3 Å². The normalized spacial score (nSPS) is 11.2. The first-order chi connectivity index (χ1) is 17.1. The first kappa shape index (κ1) is 21.5. The van der Waals surface area contributed by atoms with Crippen LogP contribution in [0.25, 0.3) is 33.5 Å². The number of nitro benzene ring substituents is 1. The Labute approximate surface area is 197 Å². The van der Waals surface area contributed by atoms with Gasteiger partial charge in [-0.25, -0.2) is 4.98 Å². The van der Waals surface area contributed by atoms with Crippen molar-refractivity contribution in [3.63, 3.8) is 0 Å². The lowest BCUT2D eigenvalue weighted by atomic mass is 10.2. The fraction of sp³-hybridized carbons (Fsp3) is 0.0400. The van der Waals surface area contributed by atoms with Crippen molar-refractivity contribution in [1.29, 1.82) is 5.26 Å². The van der Waals surface area contributed by atoms with Crippen LogP contribution in [0.1, 0.15) is 5.56 Å². The largest absolute Gasteiger partial charge is 0.471 e. The molecule has 5 rings (SSSR count). The van der Waals surface area contributed by atoms with E-state index < -0.39 is 17.1 Å². The average molecular weight is 465 g/mol. The number of ether oxygens (including phenoxy) is 1. The molecule has 0 radical (unpaired) electrons. The van der Waals surface area contributed by atoms with Crippen molar-refractivity contribution in [2.24, 2.45) is 5.10 Å². The minimum Gasteiger partial charge on any atom is -0.471 e. The van der Waals surface area contributed by atoms with Crippen molar-refractivity contribution in [2.45, 2.75) is 0 Å². The number of hydrogen-bond donors (Lipinski definition) is 0. The Hall–Kier alpha value is -5.30. The van der Waals surface area contributed by atoms with Crippen molar-refractivity contribution in [1.82, 2.24) is 9.66 Å². The molecule has 0 aliphatic heterocycles. The number of rotatable bonds is 6. The van der Waals surface area contributed by atoms with Gasteiger partial charge < -0.3 is 9.15 Å². The second-order valence-corrected chi connectivity index (χ2v) is 7.36. The lowest BCUT2D eigenvalue weighted by Gasteiger charge is -2.08. The second-order valence-electron chi connectivity index (χ2n) is 7.36. The zero-order chi connectivity index (χ0) is 24.4. The number of benzene rings is 3. The van der Waals surface area contributed by atoms with E-state index in [1.165, 1.54) is 24.4 Å². The fourth-order valence-electron chi connectivity index (χ4n) is 3.65. The van der Waals surface area contributed by atoms with Crippen LogP contribution in [0.5, 0.6) is 5.75 Å². The van der Waals surface area contributed by atoms with E-state index in [2.05, 4.69) is 10.1 Å². The highest BCUT2D eigenvalue weighted by atomic mass is 16.6. The highest BCUT2D eigenvalue weighted by Crippen LogP contribution is 2.30. The summed E-state index contributed by atoms with van der Waals surface area (Å²) < 4.78 is 12.3. The number of aromatic nitrogens is 2. The number of furan rings is 1. The predicted molar refractivity (Wildman–Crippen MR) is 128 cm³/mol. The highest BCUT2D eigenvalue weighted by Gasteiger charge is 2.20. The monoisotopic (exact) mass is 465 g/mol. The molecule has 0 fully saturated rings. The molecular formula is C25H15N5O5. The van der Waals surface area contributed by atoms with Gasteiger partial charge in [0, 0.05) is 17.0 Å². The molecule has 3 aromatic carbocycles. The van der Waals surface area contributed by atoms with Crippen molar-refractivity contribution in [3.05, 3.63) is 98.8 Å². The third kappa shape index (κ3) is 3.98. The molecule has 0 bridgehead atoms. The number of para-hydroxylation sites is 3. The van der Waals surface area contributed by atoms with Gasteiger partial charge in [0.15, 0.2) is 12.4 Å². The Bertz CT molecular complexity index is 1700. The Balaban J connectivity index is 1.71. The molecule has 0 N–H and O–H groups in total. The Morgan fingerprint density at radius 2 is 1.94 bits per heavy atom. The third-order valence-electron chi connectivity index (χ3n) is 5.21. The summed E-state index contributed by atoms with van der Waals surface area (Å²) >= 11 is 0. The molecule has 0 saturated heterocycles. The number of fused-ring (bicyclic) bond motifs is 2. The van der Waals surface area contributed by atoms with E-state index in [9.17, 15) is 14.9 Å². The van der Waals surface area contributed by atoms with Crippen LogP contribution in [0.15, 0.2) is 87.1 Å². The number of nitro groups is 1. The third-order valence-corrected chi connectivity index (χ3v) is 5.21. The zero-order valence-corrected chi connectivity index (χ0v) is 18.0. The Morgan fingerprint density at radius 3 is 2.74 bits per heavy atom. The van der Waals surface area contributed by atoms with E-state index in [4.69, 9.17) is 14.4 Å². The molecule has 10 heteroatoms. The molecule has 0 amide bonds. The van der Waals surface area contributed by atoms with Crippen LogP contribution in [-0.4, -0.2) is 27.4 Å². The number of nitrogens with zero attached hydrogens (tertiary/aromatic N) is 5. The second kappa shape index (κ2) is 8.92. The maximum Gasteiger partial charge on any atom is 0.311 e. The van der Waals surface area contributed by atoms with Gasteiger partial charge >= 0.3 is 5.69 Å². The van der Waals surface area contributed by atoms with Crippen LogP contribution < -0.4 is 10.3 Å². The molecule has 0 atom stereocenters. The summed E-state index contributed by atoms with van der Waals surface area (Å²) in [6, 6.07) is 22.0. The quantitative estimate of drug-likeness (QED) is 0.204. The average Bonchev–Trinajstić information content (AvgIpc) is 3.31. The molecule has 2 aromatic heterocycles. The van der Waals surface area contributed by atoms with Crippen LogP contribution in [0.3, 0.4) is 0 Å². The van der Waals surface area contributed by atoms with E-state index in [0.717, 1.165) is 10.1 Å². The van der Waals surface area contributed by atoms with Gasteiger partial charge in [-0.3, -0.25) is 14.9 Å². The lowest BCUT2D eigenvalue weighted by molar-refractivity contribution is -0.385. The molecule has 0 saturated carbocycles. The lowest BCUT2D eigenvalue weighted by Crippen LogP contribution is -2.20. The molecule has 0 spiro atoms. The van der Waals surface area contributed by atoms with Gasteiger partial charge in [-0.2, -0.15) is 15.0 Å². The fourth-order valence-corrected chi connectivity index (χ4v) is 3.65. The summed E-state index contributed by atoms with van der Waals surface area (Å²) in [6.45, 7) is -0.395. The van der Waals surface area contributed by atoms with E-state index in [1.54, 1.807) is 42.5 Å². The highest BCUT2D eigenvalue weighted by molar-refractivity contribution is 5.87. The van der Waals surface area contributed by atoms with Crippen LogP contribution >= 0.6 is 0 Å². The molecule has 0 unspecified atom stereocenters. The van der Waals surface area contributed by atoms with Crippen LogP contribution in [-0.2, 0) is 0 Å². The maximum atomic E-state index is 13.4. The minimum absolute atomic E-state index is 0.130. The summed E-state index contributed by atoms with van der Waals surface area (Å²) in [5.41, 5.74) is 0.516. The summed E-state index contributed by atoms with van der Waals surface area (Å²) in [6.07, 6.45) is 1.25. The standard InChI is InChI=1S/C25H15N5O5/c26-12-13-34-23-17(7-5-10-20(23)30(32)33)15-27-29-24(22-14-16-6-1-4-11-21(16)35-22)28-19-9-3-2-8-18(19)25(29)31/h1-11,14-15H,13H2. The summed E-state index contributed by atoms with van der Waals surface area (Å²) in [5, 5.41) is 25.8. The first-order valence-corrected chi connectivity index (χ1v) is 10.4. The maximum absolute atomic E-state index is 13.4. The van der Waals surface area contributed by atoms with Crippen molar-refractivity contribution in [3.8, 4) is 23.4 Å². The van der Waals surface area contributed by atoms with Crippen LogP contribution in [0.4, 0.5) is 5.69 Å². The van der Waals surface area contributed by atoms with E-state index in [1.807, 2.05) is 18.2 Å². The Kier molecular flexibility index (Phi) is 5.49. The van der Waals surface area contributed by atoms with E-state index >= 15 is 0 Å². The Morgan fingerprint density at radius 1 is 1.14 bits per heavy atom. The van der Waals surface area contributed by atoms with Crippen molar-refractivity contribution < 1.29 is 14.1 Å². The molecule has 170 valence electrons. The minimum atomic E-state index is -0.617. The number of nitriles is 1. The molecule has 2 heterocycles. The topological polar surface area (TPSA) is 137 Å². The zero-order valence-electron chi connectivity index (χ0n) is 18.0. The van der Waals surface area contributed by atoms with Gasteiger partial charge in [-0.1, -0.05) is 36.4 Å². The molecule has 5 aromatic rings. The summed E-state index contributed by atoms with van der Waals surface area (Å²) in [7, 11) is 0. The molecular weight excluding hydrogens is 450 g/mol. The van der Waals surface area contributed by atoms with E-state index in [0.29, 0.717) is 22.2 Å². The van der Waals surface area contributed by atoms with E-state index in [-0.39, 0.29) is 22.8 Å². The van der Waals surface area contributed by atoms with Gasteiger partial charge in [0.25, 0.3) is 5.56 Å².